The van der Waals surface area contributed by atoms with Crippen LogP contribution in [0.2, 0.25) is 5.02 Å². The van der Waals surface area contributed by atoms with Gasteiger partial charge in [-0.2, -0.15) is 0 Å². The maximum absolute atomic E-state index is 6.04. The largest absolute Gasteiger partial charge is 0.372 e. The number of hydrogen-bond donors (Lipinski definition) is 1. The average molecular weight is 284 g/mol. The second kappa shape index (κ2) is 7.88. The minimum atomic E-state index is 0.275. The molecule has 2 nitrogen and oxygen atoms in total. The van der Waals surface area contributed by atoms with Crippen LogP contribution in [-0.4, -0.2) is 25.3 Å². The third-order valence-corrected chi connectivity index (χ3v) is 3.54. The fourth-order valence-corrected chi connectivity index (χ4v) is 2.81. The van der Waals surface area contributed by atoms with Gasteiger partial charge in [-0.25, -0.2) is 0 Å². The van der Waals surface area contributed by atoms with Crippen molar-refractivity contribution in [1.29, 1.82) is 0 Å². The molecule has 1 N–H and O–H groups in total. The summed E-state index contributed by atoms with van der Waals surface area (Å²) in [4.78, 5) is 0. The number of morpholine rings is 1. The van der Waals surface area contributed by atoms with Gasteiger partial charge in [0.25, 0.3) is 0 Å². The van der Waals surface area contributed by atoms with Gasteiger partial charge in [0.2, 0.25) is 0 Å². The van der Waals surface area contributed by atoms with Gasteiger partial charge in [-0.15, -0.1) is 0 Å². The maximum Gasteiger partial charge on any atom is 0.0744 e. The first-order valence-corrected chi connectivity index (χ1v) is 7.56. The summed E-state index contributed by atoms with van der Waals surface area (Å²) >= 11 is 6.04. The molecule has 2 atom stereocenters. The zero-order chi connectivity index (χ0) is 14.4. The Kier molecular flexibility index (Phi) is 6.84. The summed E-state index contributed by atoms with van der Waals surface area (Å²) in [5.41, 5.74) is 3.89. The zero-order valence-corrected chi connectivity index (χ0v) is 13.5. The van der Waals surface area contributed by atoms with E-state index in [1.165, 1.54) is 16.7 Å². The minimum Gasteiger partial charge on any atom is -0.372 e. The number of nitrogens with one attached hydrogen (secondary N) is 1. The smallest absolute Gasteiger partial charge is 0.0744 e. The molecule has 0 spiro atoms. The predicted molar refractivity (Wildman–Crippen MR) is 83.2 cm³/mol. The monoisotopic (exact) mass is 283 g/mol. The lowest BCUT2D eigenvalue weighted by molar-refractivity contribution is -0.0264. The quantitative estimate of drug-likeness (QED) is 0.889. The first-order chi connectivity index (χ1) is 9.06. The van der Waals surface area contributed by atoms with E-state index in [1.807, 2.05) is 26.0 Å². The Bertz CT molecular complexity index is 383. The van der Waals surface area contributed by atoms with Crippen molar-refractivity contribution in [3.8, 4) is 0 Å². The number of benzene rings is 1. The van der Waals surface area contributed by atoms with Crippen LogP contribution in [-0.2, 0) is 11.2 Å². The standard InChI is InChI=1S/C14H20ClNO.C2H6/c1-9-4-12(15)5-10(2)14(9)6-13-8-16-7-11(3)17-13;1-2/h4-5,11,13,16H,6-8H2,1-3H3;1-2H3. The van der Waals surface area contributed by atoms with Crippen molar-refractivity contribution in [3.63, 3.8) is 0 Å². The van der Waals surface area contributed by atoms with E-state index in [2.05, 4.69) is 26.1 Å². The number of halogens is 1. The molecule has 0 aliphatic carbocycles. The van der Waals surface area contributed by atoms with Gasteiger partial charge in [-0.05, 0) is 49.6 Å². The van der Waals surface area contributed by atoms with Crippen LogP contribution >= 0.6 is 11.6 Å². The number of rotatable bonds is 2. The normalized spacial score (nSPS) is 22.6. The lowest BCUT2D eigenvalue weighted by atomic mass is 9.97. The molecule has 1 saturated heterocycles. The fourth-order valence-electron chi connectivity index (χ4n) is 2.48. The molecule has 0 amide bonds. The summed E-state index contributed by atoms with van der Waals surface area (Å²) in [5, 5.41) is 4.22. The van der Waals surface area contributed by atoms with E-state index in [0.717, 1.165) is 24.5 Å². The summed E-state index contributed by atoms with van der Waals surface area (Å²) < 4.78 is 5.93. The van der Waals surface area contributed by atoms with E-state index in [9.17, 15) is 0 Å². The third-order valence-electron chi connectivity index (χ3n) is 3.32. The molecule has 3 heteroatoms. The van der Waals surface area contributed by atoms with Gasteiger partial charge < -0.3 is 10.1 Å². The second-order valence-electron chi connectivity index (χ2n) is 4.95. The fraction of sp³-hybridized carbons (Fsp3) is 0.625. The molecule has 0 radical (unpaired) electrons. The Morgan fingerprint density at radius 2 is 1.79 bits per heavy atom. The molecule has 2 unspecified atom stereocenters. The second-order valence-corrected chi connectivity index (χ2v) is 5.39. The topological polar surface area (TPSA) is 21.3 Å². The van der Waals surface area contributed by atoms with Gasteiger partial charge in [0.05, 0.1) is 12.2 Å². The molecule has 0 bridgehead atoms. The minimum absolute atomic E-state index is 0.275. The van der Waals surface area contributed by atoms with Gasteiger partial charge in [0, 0.05) is 24.5 Å². The van der Waals surface area contributed by atoms with Crippen molar-refractivity contribution in [2.75, 3.05) is 13.1 Å². The molecule has 1 aromatic rings. The molecule has 19 heavy (non-hydrogen) atoms. The van der Waals surface area contributed by atoms with E-state index in [-0.39, 0.29) is 6.10 Å². The van der Waals surface area contributed by atoms with Crippen LogP contribution in [0.4, 0.5) is 0 Å². The Hall–Kier alpha value is -0.570. The highest BCUT2D eigenvalue weighted by Gasteiger charge is 2.20. The van der Waals surface area contributed by atoms with Crippen molar-refractivity contribution in [1.82, 2.24) is 5.32 Å². The van der Waals surface area contributed by atoms with Gasteiger partial charge in [0.15, 0.2) is 0 Å². The number of ether oxygens (including phenoxy) is 1. The van der Waals surface area contributed by atoms with E-state index in [4.69, 9.17) is 16.3 Å². The van der Waals surface area contributed by atoms with Gasteiger partial charge >= 0.3 is 0 Å². The summed E-state index contributed by atoms with van der Waals surface area (Å²) in [6.45, 7) is 12.2. The molecule has 0 saturated carbocycles. The molecule has 108 valence electrons. The molecule has 1 aromatic carbocycles. The van der Waals surface area contributed by atoms with E-state index < -0.39 is 0 Å². The van der Waals surface area contributed by atoms with Crippen molar-refractivity contribution in [3.05, 3.63) is 33.8 Å². The number of aryl methyl sites for hydroxylation is 2. The highest BCUT2D eigenvalue weighted by molar-refractivity contribution is 6.30. The first-order valence-electron chi connectivity index (χ1n) is 7.18. The van der Waals surface area contributed by atoms with Crippen LogP contribution < -0.4 is 5.32 Å². The highest BCUT2D eigenvalue weighted by atomic mass is 35.5. The Labute approximate surface area is 122 Å². The maximum atomic E-state index is 6.04. The average Bonchev–Trinajstić information content (AvgIpc) is 2.36. The first kappa shape index (κ1) is 16.5. The van der Waals surface area contributed by atoms with Crippen LogP contribution in [0, 0.1) is 13.8 Å². The molecule has 1 aliphatic rings. The zero-order valence-electron chi connectivity index (χ0n) is 12.7. The van der Waals surface area contributed by atoms with Crippen molar-refractivity contribution in [2.24, 2.45) is 0 Å². The van der Waals surface area contributed by atoms with Crippen molar-refractivity contribution in [2.45, 2.75) is 53.2 Å². The molecule has 1 fully saturated rings. The predicted octanol–water partition coefficient (Wildman–Crippen LogP) is 3.90. The summed E-state index contributed by atoms with van der Waals surface area (Å²) in [5.74, 6) is 0. The Balaban J connectivity index is 0.000000861. The molecule has 1 aliphatic heterocycles. The molecule has 2 rings (SSSR count). The Morgan fingerprint density at radius 3 is 2.32 bits per heavy atom. The van der Waals surface area contributed by atoms with Gasteiger partial charge in [-0.1, -0.05) is 25.4 Å². The third kappa shape index (κ3) is 4.79. The van der Waals surface area contributed by atoms with Crippen LogP contribution in [0.5, 0.6) is 0 Å². The van der Waals surface area contributed by atoms with Crippen LogP contribution in [0.25, 0.3) is 0 Å². The van der Waals surface area contributed by atoms with Crippen molar-refractivity contribution < 1.29 is 4.74 Å². The van der Waals surface area contributed by atoms with Crippen molar-refractivity contribution >= 4 is 11.6 Å². The Morgan fingerprint density at radius 1 is 1.21 bits per heavy atom. The highest BCUT2D eigenvalue weighted by Crippen LogP contribution is 2.22. The molecule has 0 aromatic heterocycles. The number of hydrogen-bond acceptors (Lipinski definition) is 2. The summed E-state index contributed by atoms with van der Waals surface area (Å²) in [7, 11) is 0. The lowest BCUT2D eigenvalue weighted by Crippen LogP contribution is -2.44. The van der Waals surface area contributed by atoms with E-state index in [1.54, 1.807) is 0 Å². The molecular weight excluding hydrogens is 258 g/mol. The SMILES string of the molecule is CC.Cc1cc(Cl)cc(C)c1CC1CNCC(C)O1. The lowest BCUT2D eigenvalue weighted by Gasteiger charge is -2.29. The molecule has 1 heterocycles. The van der Waals surface area contributed by atoms with Crippen LogP contribution in [0.3, 0.4) is 0 Å². The van der Waals surface area contributed by atoms with Gasteiger partial charge in [-0.3, -0.25) is 0 Å². The van der Waals surface area contributed by atoms with Crippen LogP contribution in [0.1, 0.15) is 37.5 Å². The molecular formula is C16H26ClNO. The summed E-state index contributed by atoms with van der Waals surface area (Å²) in [6, 6.07) is 4.06. The van der Waals surface area contributed by atoms with Crippen LogP contribution in [0.15, 0.2) is 12.1 Å². The summed E-state index contributed by atoms with van der Waals surface area (Å²) in [6.07, 6.45) is 1.55. The van der Waals surface area contributed by atoms with E-state index >= 15 is 0 Å². The van der Waals surface area contributed by atoms with E-state index in [0.29, 0.717) is 6.10 Å². The van der Waals surface area contributed by atoms with Gasteiger partial charge in [0.1, 0.15) is 0 Å².